The number of halogens is 10. The SMILES string of the molecule is O=P(c1ccc2ccccc2c1)(c1ccc2ccccc2c1)C(CCI)CC(F)(F)C(F)(F)C(F)(F)C(F)(F)F. The molecule has 0 aromatic heterocycles. The molecule has 0 amide bonds. The van der Waals surface area contributed by atoms with Gasteiger partial charge in [0.05, 0.1) is 0 Å². The first-order valence-corrected chi connectivity index (χ1v) is 15.2. The minimum atomic E-state index is -7.02. The van der Waals surface area contributed by atoms with Crippen LogP contribution in [0.3, 0.4) is 0 Å². The van der Waals surface area contributed by atoms with E-state index in [9.17, 15) is 30.7 Å². The molecule has 1 nitrogen and oxygen atoms in total. The van der Waals surface area contributed by atoms with Gasteiger partial charge in [0.15, 0.2) is 0 Å². The van der Waals surface area contributed by atoms with Gasteiger partial charge in [0, 0.05) is 27.1 Å². The van der Waals surface area contributed by atoms with Crippen molar-refractivity contribution in [3.63, 3.8) is 0 Å². The molecular weight excluding hydrogens is 681 g/mol. The maximum atomic E-state index is 15.1. The first-order valence-electron chi connectivity index (χ1n) is 11.9. The molecule has 0 spiro atoms. The number of benzene rings is 4. The summed E-state index contributed by atoms with van der Waals surface area (Å²) in [6.07, 6.45) is -9.51. The molecule has 214 valence electrons. The van der Waals surface area contributed by atoms with Crippen molar-refractivity contribution >= 4 is 61.9 Å². The van der Waals surface area contributed by atoms with Crippen LogP contribution in [0.4, 0.5) is 39.5 Å². The monoisotopic (exact) mass is 702 g/mol. The molecular formula is C28H21F9IOP. The largest absolute Gasteiger partial charge is 0.460 e. The van der Waals surface area contributed by atoms with Gasteiger partial charge in [-0.05, 0) is 40.1 Å². The average Bonchev–Trinajstić information content (AvgIpc) is 2.90. The van der Waals surface area contributed by atoms with Gasteiger partial charge in [-0.2, -0.15) is 39.5 Å². The Labute approximate surface area is 237 Å². The van der Waals surface area contributed by atoms with Crippen LogP contribution >= 0.6 is 29.7 Å². The van der Waals surface area contributed by atoms with Gasteiger partial charge in [-0.3, -0.25) is 0 Å². The molecule has 0 saturated heterocycles. The Morgan fingerprint density at radius 3 is 1.45 bits per heavy atom. The fourth-order valence-electron chi connectivity index (χ4n) is 4.71. The van der Waals surface area contributed by atoms with Crippen LogP contribution in [0.5, 0.6) is 0 Å². The Bertz CT molecular complexity index is 1490. The van der Waals surface area contributed by atoms with Gasteiger partial charge < -0.3 is 4.57 Å². The molecule has 4 aromatic rings. The summed E-state index contributed by atoms with van der Waals surface area (Å²) in [7, 11) is -4.36. The molecule has 0 aliphatic rings. The van der Waals surface area contributed by atoms with Crippen molar-refractivity contribution in [1.82, 2.24) is 0 Å². The fourth-order valence-corrected chi connectivity index (χ4v) is 9.33. The van der Waals surface area contributed by atoms with Crippen molar-refractivity contribution in [2.45, 2.75) is 42.4 Å². The predicted molar refractivity (Wildman–Crippen MR) is 148 cm³/mol. The number of rotatable bonds is 9. The third kappa shape index (κ3) is 5.24. The van der Waals surface area contributed by atoms with E-state index < -0.39 is 49.6 Å². The highest BCUT2D eigenvalue weighted by Gasteiger charge is 2.81. The molecule has 0 aliphatic heterocycles. The molecule has 1 unspecified atom stereocenters. The molecule has 1 atom stereocenters. The van der Waals surface area contributed by atoms with E-state index in [1.165, 1.54) is 24.3 Å². The third-order valence-corrected chi connectivity index (χ3v) is 11.1. The van der Waals surface area contributed by atoms with E-state index in [-0.39, 0.29) is 15.0 Å². The zero-order valence-electron chi connectivity index (χ0n) is 20.4. The predicted octanol–water partition coefficient (Wildman–Crippen LogP) is 9.36. The molecule has 0 N–H and O–H groups in total. The summed E-state index contributed by atoms with van der Waals surface area (Å²) in [4.78, 5) is 0. The molecule has 4 aromatic carbocycles. The van der Waals surface area contributed by atoms with Crippen LogP contribution < -0.4 is 10.6 Å². The van der Waals surface area contributed by atoms with Gasteiger partial charge in [-0.1, -0.05) is 95.4 Å². The molecule has 4 rings (SSSR count). The Morgan fingerprint density at radius 1 is 0.625 bits per heavy atom. The summed E-state index contributed by atoms with van der Waals surface area (Å²) in [5.74, 6) is -19.7. The highest BCUT2D eigenvalue weighted by atomic mass is 127. The first-order chi connectivity index (χ1) is 18.6. The van der Waals surface area contributed by atoms with Crippen molar-refractivity contribution in [2.24, 2.45) is 0 Å². The number of hydrogen-bond acceptors (Lipinski definition) is 1. The van der Waals surface area contributed by atoms with E-state index in [2.05, 4.69) is 0 Å². The Hall–Kier alpha value is -2.27. The maximum Gasteiger partial charge on any atom is 0.460 e. The number of fused-ring (bicyclic) bond motifs is 2. The van der Waals surface area contributed by atoms with Crippen molar-refractivity contribution in [3.8, 4) is 0 Å². The standard InChI is InChI=1S/C28H21F9IOP/c29-25(30,26(31,32)27(33,34)28(35,36)37)17-24(13-14-38)40(39,22-11-9-18-5-1-3-7-20(18)15-22)23-12-10-19-6-2-4-8-21(19)16-23/h1-12,15-16,24H,13-14,17H2. The quantitative estimate of drug-likeness (QED) is 0.0736. The van der Waals surface area contributed by atoms with Crippen molar-refractivity contribution < 1.29 is 44.1 Å². The van der Waals surface area contributed by atoms with Crippen LogP contribution in [-0.2, 0) is 4.57 Å². The zero-order valence-corrected chi connectivity index (χ0v) is 23.5. The van der Waals surface area contributed by atoms with E-state index in [4.69, 9.17) is 0 Å². The van der Waals surface area contributed by atoms with Crippen LogP contribution in [0.1, 0.15) is 12.8 Å². The van der Waals surface area contributed by atoms with Crippen LogP contribution in [0.15, 0.2) is 84.9 Å². The van der Waals surface area contributed by atoms with E-state index in [1.807, 2.05) is 0 Å². The second-order valence-corrected chi connectivity index (χ2v) is 13.6. The minimum Gasteiger partial charge on any atom is -0.313 e. The maximum absolute atomic E-state index is 15.1. The Balaban J connectivity index is 1.93. The molecule has 0 bridgehead atoms. The lowest BCUT2D eigenvalue weighted by molar-refractivity contribution is -0.396. The fraction of sp³-hybridized carbons (Fsp3) is 0.286. The van der Waals surface area contributed by atoms with E-state index in [1.54, 1.807) is 83.3 Å². The van der Waals surface area contributed by atoms with E-state index in [0.29, 0.717) is 21.5 Å². The van der Waals surface area contributed by atoms with Crippen molar-refractivity contribution in [3.05, 3.63) is 84.9 Å². The molecule has 0 saturated carbocycles. The summed E-state index contributed by atoms with van der Waals surface area (Å²) in [6.45, 7) is 0. The summed E-state index contributed by atoms with van der Waals surface area (Å²) >= 11 is 1.73. The van der Waals surface area contributed by atoms with Crippen molar-refractivity contribution in [2.75, 3.05) is 4.43 Å². The number of hydrogen-bond donors (Lipinski definition) is 0. The summed E-state index contributed by atoms with van der Waals surface area (Å²) in [5.41, 5.74) is -1.89. The van der Waals surface area contributed by atoms with Gasteiger partial charge in [-0.15, -0.1) is 0 Å². The van der Waals surface area contributed by atoms with Crippen LogP contribution in [0.25, 0.3) is 21.5 Å². The van der Waals surface area contributed by atoms with E-state index in [0.717, 1.165) is 0 Å². The van der Waals surface area contributed by atoms with Gasteiger partial charge in [-0.25, -0.2) is 0 Å². The highest BCUT2D eigenvalue weighted by Crippen LogP contribution is 2.59. The summed E-state index contributed by atoms with van der Waals surface area (Å²) < 4.78 is 140. The lowest BCUT2D eigenvalue weighted by Crippen LogP contribution is -2.61. The van der Waals surface area contributed by atoms with E-state index >= 15 is 13.3 Å². The highest BCUT2D eigenvalue weighted by molar-refractivity contribution is 14.1. The van der Waals surface area contributed by atoms with Gasteiger partial charge in [0.25, 0.3) is 0 Å². The van der Waals surface area contributed by atoms with Crippen LogP contribution in [-0.4, -0.2) is 34.0 Å². The van der Waals surface area contributed by atoms with Crippen LogP contribution in [0, 0.1) is 0 Å². The molecule has 0 aliphatic carbocycles. The molecule has 40 heavy (non-hydrogen) atoms. The lowest BCUT2D eigenvalue weighted by atomic mass is 9.99. The minimum absolute atomic E-state index is 0.00182. The summed E-state index contributed by atoms with van der Waals surface area (Å²) in [6, 6.07) is 22.4. The first kappa shape index (κ1) is 30.7. The Morgan fingerprint density at radius 2 is 1.05 bits per heavy atom. The molecule has 0 fully saturated rings. The second-order valence-electron chi connectivity index (χ2n) is 9.41. The summed E-state index contributed by atoms with van der Waals surface area (Å²) in [5, 5.41) is 2.49. The van der Waals surface area contributed by atoms with Gasteiger partial charge in [0.2, 0.25) is 0 Å². The molecule has 12 heteroatoms. The van der Waals surface area contributed by atoms with Gasteiger partial charge >= 0.3 is 23.9 Å². The van der Waals surface area contributed by atoms with Crippen molar-refractivity contribution in [1.29, 1.82) is 0 Å². The molecule has 0 heterocycles. The normalized spacial score (nSPS) is 14.6. The smallest absolute Gasteiger partial charge is 0.313 e. The molecule has 0 radical (unpaired) electrons. The van der Waals surface area contributed by atoms with Gasteiger partial charge in [0.1, 0.15) is 7.14 Å². The second kappa shape index (κ2) is 10.9. The van der Waals surface area contributed by atoms with Crippen LogP contribution in [0.2, 0.25) is 0 Å². The number of alkyl halides is 10. The lowest BCUT2D eigenvalue weighted by Gasteiger charge is -2.37. The zero-order chi connectivity index (χ0) is 29.6. The average molecular weight is 702 g/mol. The Kier molecular flexibility index (Phi) is 8.33. The topological polar surface area (TPSA) is 17.1 Å². The third-order valence-electron chi connectivity index (χ3n) is 6.89.